The molecule has 0 aliphatic rings. The van der Waals surface area contributed by atoms with Gasteiger partial charge in [0.15, 0.2) is 6.23 Å². The molecule has 0 aliphatic heterocycles. The van der Waals surface area contributed by atoms with Crippen LogP contribution < -0.4 is 0 Å². The summed E-state index contributed by atoms with van der Waals surface area (Å²) in [6, 6.07) is 7.46. The summed E-state index contributed by atoms with van der Waals surface area (Å²) >= 11 is 5.79. The van der Waals surface area contributed by atoms with Crippen molar-refractivity contribution in [3.8, 4) is 0 Å². The zero-order valence-corrected chi connectivity index (χ0v) is 11.3. The van der Waals surface area contributed by atoms with Crippen molar-refractivity contribution in [1.82, 2.24) is 4.90 Å². The summed E-state index contributed by atoms with van der Waals surface area (Å²) in [6.45, 7) is 8.10. The van der Waals surface area contributed by atoms with Crippen molar-refractivity contribution in [3.63, 3.8) is 0 Å². The molecule has 1 rings (SSSR count). The molecule has 3 nitrogen and oxygen atoms in total. The van der Waals surface area contributed by atoms with Gasteiger partial charge in [0.2, 0.25) is 0 Å². The van der Waals surface area contributed by atoms with Gasteiger partial charge in [-0.25, -0.2) is 0 Å². The van der Waals surface area contributed by atoms with Gasteiger partial charge in [0.05, 0.1) is 6.21 Å². The van der Waals surface area contributed by atoms with Gasteiger partial charge in [0, 0.05) is 5.02 Å². The number of rotatable bonds is 6. The number of halogens is 1. The van der Waals surface area contributed by atoms with Crippen molar-refractivity contribution in [2.75, 3.05) is 13.1 Å². The second kappa shape index (κ2) is 7.30. The Morgan fingerprint density at radius 2 is 1.88 bits per heavy atom. The third kappa shape index (κ3) is 4.75. The Morgan fingerprint density at radius 1 is 1.29 bits per heavy atom. The lowest BCUT2D eigenvalue weighted by atomic mass is 10.2. The van der Waals surface area contributed by atoms with Gasteiger partial charge in [-0.05, 0) is 37.7 Å². The molecule has 1 aromatic carbocycles. The van der Waals surface area contributed by atoms with E-state index in [1.165, 1.54) is 0 Å². The summed E-state index contributed by atoms with van der Waals surface area (Å²) in [7, 11) is 0. The molecule has 0 fully saturated rings. The topological polar surface area (TPSA) is 24.8 Å². The Bertz CT molecular complexity index is 347. The van der Waals surface area contributed by atoms with Crippen LogP contribution in [-0.4, -0.2) is 30.4 Å². The molecule has 4 heteroatoms. The van der Waals surface area contributed by atoms with Gasteiger partial charge < -0.3 is 4.84 Å². The van der Waals surface area contributed by atoms with Crippen LogP contribution in [-0.2, 0) is 4.84 Å². The largest absolute Gasteiger partial charge is 0.377 e. The lowest BCUT2D eigenvalue weighted by molar-refractivity contribution is -0.0398. The zero-order valence-electron chi connectivity index (χ0n) is 10.6. The minimum atomic E-state index is -0.00597. The molecule has 1 unspecified atom stereocenters. The Balaban J connectivity index is 2.47. The van der Waals surface area contributed by atoms with Crippen molar-refractivity contribution in [3.05, 3.63) is 34.9 Å². The van der Waals surface area contributed by atoms with Gasteiger partial charge in [-0.3, -0.25) is 4.90 Å². The lowest BCUT2D eigenvalue weighted by Crippen LogP contribution is -2.33. The van der Waals surface area contributed by atoms with E-state index in [0.29, 0.717) is 0 Å². The van der Waals surface area contributed by atoms with Crippen LogP contribution in [0.25, 0.3) is 0 Å². The highest BCUT2D eigenvalue weighted by molar-refractivity contribution is 6.30. The van der Waals surface area contributed by atoms with Gasteiger partial charge >= 0.3 is 0 Å². The number of hydrogen-bond acceptors (Lipinski definition) is 3. The van der Waals surface area contributed by atoms with E-state index in [1.54, 1.807) is 6.21 Å². The van der Waals surface area contributed by atoms with Gasteiger partial charge in [-0.2, -0.15) is 0 Å². The van der Waals surface area contributed by atoms with Crippen molar-refractivity contribution < 1.29 is 4.84 Å². The summed E-state index contributed by atoms with van der Waals surface area (Å²) in [5.41, 5.74) is 0.973. The fourth-order valence-corrected chi connectivity index (χ4v) is 1.66. The van der Waals surface area contributed by atoms with E-state index >= 15 is 0 Å². The Kier molecular flexibility index (Phi) is 6.01. The smallest absolute Gasteiger partial charge is 0.178 e. The Hall–Kier alpha value is -1.06. The van der Waals surface area contributed by atoms with Crippen LogP contribution in [0.3, 0.4) is 0 Å². The van der Waals surface area contributed by atoms with Crippen LogP contribution in [0.2, 0.25) is 5.02 Å². The fourth-order valence-electron chi connectivity index (χ4n) is 1.53. The molecule has 0 amide bonds. The SMILES string of the molecule is CCN(CC)C(C)O/N=C\c1ccc(Cl)cc1. The molecule has 1 aromatic rings. The predicted octanol–water partition coefficient (Wildman–Crippen LogP) is 3.38. The maximum atomic E-state index is 5.79. The van der Waals surface area contributed by atoms with Crippen LogP contribution in [0, 0.1) is 0 Å². The highest BCUT2D eigenvalue weighted by atomic mass is 35.5. The molecule has 0 aliphatic carbocycles. The average molecular weight is 255 g/mol. The van der Waals surface area contributed by atoms with Crippen molar-refractivity contribution in [1.29, 1.82) is 0 Å². The van der Waals surface area contributed by atoms with Crippen molar-refractivity contribution in [2.24, 2.45) is 5.16 Å². The first kappa shape index (κ1) is 14.0. The second-order valence-electron chi connectivity index (χ2n) is 3.71. The minimum Gasteiger partial charge on any atom is -0.377 e. The minimum absolute atomic E-state index is 0.00597. The molecule has 1 atom stereocenters. The first-order chi connectivity index (χ1) is 8.17. The van der Waals surface area contributed by atoms with E-state index in [2.05, 4.69) is 23.9 Å². The molecule has 0 bridgehead atoms. The number of nitrogens with zero attached hydrogens (tertiary/aromatic N) is 2. The van der Waals surface area contributed by atoms with E-state index in [1.807, 2.05) is 31.2 Å². The highest BCUT2D eigenvalue weighted by Crippen LogP contribution is 2.08. The quantitative estimate of drug-likeness (QED) is 0.442. The fraction of sp³-hybridized carbons (Fsp3) is 0.462. The van der Waals surface area contributed by atoms with Crippen molar-refractivity contribution in [2.45, 2.75) is 27.0 Å². The Labute approximate surface area is 108 Å². The van der Waals surface area contributed by atoms with E-state index in [4.69, 9.17) is 16.4 Å². The summed E-state index contributed by atoms with van der Waals surface area (Å²) < 4.78 is 0. The molecular weight excluding hydrogens is 236 g/mol. The van der Waals surface area contributed by atoms with Crippen LogP contribution in [0.5, 0.6) is 0 Å². The molecule has 0 radical (unpaired) electrons. The van der Waals surface area contributed by atoms with Crippen molar-refractivity contribution >= 4 is 17.8 Å². The lowest BCUT2D eigenvalue weighted by Gasteiger charge is -2.23. The number of hydrogen-bond donors (Lipinski definition) is 0. The summed E-state index contributed by atoms with van der Waals surface area (Å²) in [5, 5.41) is 4.70. The van der Waals surface area contributed by atoms with Crippen LogP contribution in [0.4, 0.5) is 0 Å². The monoisotopic (exact) mass is 254 g/mol. The summed E-state index contributed by atoms with van der Waals surface area (Å²) in [4.78, 5) is 7.56. The second-order valence-corrected chi connectivity index (χ2v) is 4.15. The van der Waals surface area contributed by atoms with Gasteiger partial charge in [0.1, 0.15) is 0 Å². The molecule has 17 heavy (non-hydrogen) atoms. The number of oxime groups is 1. The van der Waals surface area contributed by atoms with E-state index in [0.717, 1.165) is 23.7 Å². The zero-order chi connectivity index (χ0) is 12.7. The van der Waals surface area contributed by atoms with Gasteiger partial charge in [-0.15, -0.1) is 0 Å². The maximum Gasteiger partial charge on any atom is 0.178 e. The first-order valence-electron chi connectivity index (χ1n) is 5.86. The first-order valence-corrected chi connectivity index (χ1v) is 6.24. The van der Waals surface area contributed by atoms with Crippen LogP contribution in [0.15, 0.2) is 29.4 Å². The molecular formula is C13H19ClN2O. The molecule has 0 saturated carbocycles. The van der Waals surface area contributed by atoms with E-state index < -0.39 is 0 Å². The molecule has 0 N–H and O–H groups in total. The third-order valence-electron chi connectivity index (χ3n) is 2.61. The number of benzene rings is 1. The highest BCUT2D eigenvalue weighted by Gasteiger charge is 2.09. The van der Waals surface area contributed by atoms with E-state index in [9.17, 15) is 0 Å². The van der Waals surface area contributed by atoms with Gasteiger partial charge in [-0.1, -0.05) is 42.7 Å². The Morgan fingerprint density at radius 3 is 2.41 bits per heavy atom. The normalized spacial score (nSPS) is 13.2. The summed E-state index contributed by atoms with van der Waals surface area (Å²) in [5.74, 6) is 0. The molecule has 0 spiro atoms. The third-order valence-corrected chi connectivity index (χ3v) is 2.86. The summed E-state index contributed by atoms with van der Waals surface area (Å²) in [6.07, 6.45) is 1.68. The standard InChI is InChI=1S/C13H19ClN2O/c1-4-16(5-2)11(3)17-15-10-12-6-8-13(14)9-7-12/h6-11H,4-5H2,1-3H3/b15-10-. The van der Waals surface area contributed by atoms with Gasteiger partial charge in [0.25, 0.3) is 0 Å². The molecule has 94 valence electrons. The molecule has 0 heterocycles. The van der Waals surface area contributed by atoms with Crippen LogP contribution >= 0.6 is 11.6 Å². The maximum absolute atomic E-state index is 5.79. The average Bonchev–Trinajstić information content (AvgIpc) is 2.33. The predicted molar refractivity (Wildman–Crippen MR) is 72.5 cm³/mol. The van der Waals surface area contributed by atoms with Crippen LogP contribution in [0.1, 0.15) is 26.3 Å². The molecule has 0 saturated heterocycles. The molecule has 0 aromatic heterocycles. The van der Waals surface area contributed by atoms with E-state index in [-0.39, 0.29) is 6.23 Å².